The van der Waals surface area contributed by atoms with Gasteiger partial charge in [0, 0.05) is 32.8 Å². The Hall–Kier alpha value is -0.650. The Bertz CT molecular complexity index is 241. The van der Waals surface area contributed by atoms with Crippen molar-refractivity contribution in [2.75, 3.05) is 39.9 Å². The third-order valence-corrected chi connectivity index (χ3v) is 3.64. The van der Waals surface area contributed by atoms with E-state index in [2.05, 4.69) is 10.2 Å². The van der Waals surface area contributed by atoms with E-state index >= 15 is 0 Å². The topological polar surface area (TPSA) is 67.6 Å². The number of rotatable bonds is 8. The summed E-state index contributed by atoms with van der Waals surface area (Å²) < 4.78 is 5.05. The van der Waals surface area contributed by atoms with E-state index in [-0.39, 0.29) is 5.91 Å². The third-order valence-electron chi connectivity index (χ3n) is 3.64. The number of nitrogens with zero attached hydrogens (tertiary/aromatic N) is 1. The van der Waals surface area contributed by atoms with E-state index in [4.69, 9.17) is 10.5 Å². The standard InChI is InChI=1S/C14H29N3O2/c1-19-11-10-17(9-8-15)12-14(18)16-13-6-4-2-3-5-7-13/h13H,2-12,15H2,1H3,(H,16,18). The molecule has 0 unspecified atom stereocenters. The Kier molecular flexibility index (Phi) is 8.79. The summed E-state index contributed by atoms with van der Waals surface area (Å²) >= 11 is 0. The number of nitrogens with two attached hydrogens (primary N) is 1. The molecule has 0 aromatic rings. The maximum absolute atomic E-state index is 12.0. The summed E-state index contributed by atoms with van der Waals surface area (Å²) in [5.74, 6) is 0.122. The van der Waals surface area contributed by atoms with E-state index in [0.29, 0.717) is 25.7 Å². The molecular formula is C14H29N3O2. The average molecular weight is 271 g/mol. The number of hydrogen-bond donors (Lipinski definition) is 2. The van der Waals surface area contributed by atoms with Crippen LogP contribution in [0.4, 0.5) is 0 Å². The van der Waals surface area contributed by atoms with Crippen molar-refractivity contribution in [1.29, 1.82) is 0 Å². The first-order valence-electron chi connectivity index (χ1n) is 7.47. The van der Waals surface area contributed by atoms with Crippen molar-refractivity contribution in [2.45, 2.75) is 44.6 Å². The molecule has 1 saturated carbocycles. The Balaban J connectivity index is 2.29. The number of methoxy groups -OCH3 is 1. The molecule has 0 aromatic carbocycles. The lowest BCUT2D eigenvalue weighted by molar-refractivity contribution is -0.123. The van der Waals surface area contributed by atoms with E-state index in [9.17, 15) is 4.79 Å². The molecule has 1 fully saturated rings. The lowest BCUT2D eigenvalue weighted by Crippen LogP contribution is -2.44. The van der Waals surface area contributed by atoms with Gasteiger partial charge in [-0.25, -0.2) is 0 Å². The zero-order valence-electron chi connectivity index (χ0n) is 12.2. The zero-order valence-corrected chi connectivity index (χ0v) is 12.2. The molecule has 5 nitrogen and oxygen atoms in total. The molecule has 0 bridgehead atoms. The molecule has 5 heteroatoms. The zero-order chi connectivity index (χ0) is 13.9. The van der Waals surface area contributed by atoms with Crippen LogP contribution in [0.3, 0.4) is 0 Å². The first-order chi connectivity index (χ1) is 9.26. The second-order valence-electron chi connectivity index (χ2n) is 5.31. The third kappa shape index (κ3) is 7.50. The summed E-state index contributed by atoms with van der Waals surface area (Å²) in [5, 5.41) is 3.16. The molecule has 0 heterocycles. The van der Waals surface area contributed by atoms with Crippen LogP contribution in [0.15, 0.2) is 0 Å². The average Bonchev–Trinajstić information content (AvgIpc) is 2.64. The maximum Gasteiger partial charge on any atom is 0.234 e. The van der Waals surface area contributed by atoms with Crippen molar-refractivity contribution in [3.05, 3.63) is 0 Å². The summed E-state index contributed by atoms with van der Waals surface area (Å²) in [4.78, 5) is 14.1. The number of hydrogen-bond acceptors (Lipinski definition) is 4. The molecule has 1 aliphatic rings. The van der Waals surface area contributed by atoms with Crippen LogP contribution in [0.5, 0.6) is 0 Å². The largest absolute Gasteiger partial charge is 0.383 e. The number of nitrogens with one attached hydrogen (secondary N) is 1. The van der Waals surface area contributed by atoms with Gasteiger partial charge in [-0.15, -0.1) is 0 Å². The highest BCUT2D eigenvalue weighted by Crippen LogP contribution is 2.17. The predicted molar refractivity (Wildman–Crippen MR) is 77.0 cm³/mol. The highest BCUT2D eigenvalue weighted by molar-refractivity contribution is 5.78. The van der Waals surface area contributed by atoms with E-state index in [1.165, 1.54) is 25.7 Å². The fourth-order valence-corrected chi connectivity index (χ4v) is 2.57. The number of amides is 1. The Morgan fingerprint density at radius 2 is 1.95 bits per heavy atom. The molecule has 19 heavy (non-hydrogen) atoms. The van der Waals surface area contributed by atoms with Crippen LogP contribution in [-0.2, 0) is 9.53 Å². The van der Waals surface area contributed by atoms with Crippen LogP contribution >= 0.6 is 0 Å². The lowest BCUT2D eigenvalue weighted by Gasteiger charge is -2.23. The number of carbonyl (C=O) groups is 1. The van der Waals surface area contributed by atoms with Crippen molar-refractivity contribution in [2.24, 2.45) is 5.73 Å². The van der Waals surface area contributed by atoms with Crippen LogP contribution < -0.4 is 11.1 Å². The summed E-state index contributed by atoms with van der Waals surface area (Å²) in [7, 11) is 1.67. The minimum absolute atomic E-state index is 0.122. The molecule has 3 N–H and O–H groups in total. The van der Waals surface area contributed by atoms with Crippen molar-refractivity contribution < 1.29 is 9.53 Å². The van der Waals surface area contributed by atoms with Gasteiger partial charge in [0.2, 0.25) is 5.91 Å². The van der Waals surface area contributed by atoms with E-state index in [1.54, 1.807) is 7.11 Å². The summed E-state index contributed by atoms with van der Waals surface area (Å²) in [6, 6.07) is 0.372. The van der Waals surface area contributed by atoms with Crippen molar-refractivity contribution in [3.8, 4) is 0 Å². The van der Waals surface area contributed by atoms with Gasteiger partial charge >= 0.3 is 0 Å². The SMILES string of the molecule is COCCN(CCN)CC(=O)NC1CCCCCC1. The smallest absolute Gasteiger partial charge is 0.234 e. The van der Waals surface area contributed by atoms with Gasteiger partial charge in [0.05, 0.1) is 13.2 Å². The number of ether oxygens (including phenoxy) is 1. The molecule has 0 saturated heterocycles. The lowest BCUT2D eigenvalue weighted by atomic mass is 10.1. The van der Waals surface area contributed by atoms with Crippen LogP contribution in [0.2, 0.25) is 0 Å². The fraction of sp³-hybridized carbons (Fsp3) is 0.929. The van der Waals surface area contributed by atoms with E-state index < -0.39 is 0 Å². The molecule has 0 atom stereocenters. The normalized spacial score (nSPS) is 17.4. The van der Waals surface area contributed by atoms with E-state index in [1.807, 2.05) is 0 Å². The molecule has 1 aliphatic carbocycles. The molecule has 0 aliphatic heterocycles. The van der Waals surface area contributed by atoms with Crippen molar-refractivity contribution in [1.82, 2.24) is 10.2 Å². The molecule has 112 valence electrons. The highest BCUT2D eigenvalue weighted by atomic mass is 16.5. The molecule has 1 rings (SSSR count). The van der Waals surface area contributed by atoms with E-state index in [0.717, 1.165) is 25.9 Å². The van der Waals surface area contributed by atoms with Crippen LogP contribution in [-0.4, -0.2) is 56.7 Å². The fourth-order valence-electron chi connectivity index (χ4n) is 2.57. The monoisotopic (exact) mass is 271 g/mol. The summed E-state index contributed by atoms with van der Waals surface area (Å²) in [6.45, 7) is 3.13. The quantitative estimate of drug-likeness (QED) is 0.639. The van der Waals surface area contributed by atoms with Crippen molar-refractivity contribution >= 4 is 5.91 Å². The maximum atomic E-state index is 12.0. The Morgan fingerprint density at radius 3 is 2.53 bits per heavy atom. The van der Waals surface area contributed by atoms with Gasteiger partial charge < -0.3 is 15.8 Å². The highest BCUT2D eigenvalue weighted by Gasteiger charge is 2.16. The molecule has 0 aromatic heterocycles. The first-order valence-corrected chi connectivity index (χ1v) is 7.47. The van der Waals surface area contributed by atoms with Gasteiger partial charge in [-0.05, 0) is 12.8 Å². The summed E-state index contributed by atoms with van der Waals surface area (Å²) in [5.41, 5.74) is 5.57. The Labute approximate surface area is 116 Å². The van der Waals surface area contributed by atoms with Crippen LogP contribution in [0, 0.1) is 0 Å². The minimum Gasteiger partial charge on any atom is -0.383 e. The second kappa shape index (κ2) is 10.2. The first kappa shape index (κ1) is 16.4. The van der Waals surface area contributed by atoms with Gasteiger partial charge in [0.25, 0.3) is 0 Å². The van der Waals surface area contributed by atoms with Gasteiger partial charge in [0.15, 0.2) is 0 Å². The Morgan fingerprint density at radius 1 is 1.26 bits per heavy atom. The number of carbonyl (C=O) groups excluding carboxylic acids is 1. The molecule has 0 spiro atoms. The van der Waals surface area contributed by atoms with Gasteiger partial charge in [-0.2, -0.15) is 0 Å². The van der Waals surface area contributed by atoms with Gasteiger partial charge in [-0.1, -0.05) is 25.7 Å². The molecule has 0 radical (unpaired) electrons. The molecule has 1 amide bonds. The van der Waals surface area contributed by atoms with Crippen LogP contribution in [0.1, 0.15) is 38.5 Å². The van der Waals surface area contributed by atoms with Gasteiger partial charge in [0.1, 0.15) is 0 Å². The van der Waals surface area contributed by atoms with Crippen LogP contribution in [0.25, 0.3) is 0 Å². The predicted octanol–water partition coefficient (Wildman–Crippen LogP) is 0.733. The van der Waals surface area contributed by atoms with Gasteiger partial charge in [-0.3, -0.25) is 9.69 Å². The molecular weight excluding hydrogens is 242 g/mol. The minimum atomic E-state index is 0.122. The summed E-state index contributed by atoms with van der Waals surface area (Å²) in [6.07, 6.45) is 7.34. The second-order valence-corrected chi connectivity index (χ2v) is 5.31. The van der Waals surface area contributed by atoms with Crippen molar-refractivity contribution in [3.63, 3.8) is 0 Å².